The van der Waals surface area contributed by atoms with Crippen LogP contribution in [0.3, 0.4) is 0 Å². The highest BCUT2D eigenvalue weighted by Gasteiger charge is 2.50. The smallest absolute Gasteiger partial charge is 0.311 e. The Hall–Kier alpha value is -3.01. The van der Waals surface area contributed by atoms with Crippen molar-refractivity contribution >= 4 is 54.1 Å². The molecular formula is C65H106O5PSi3+. The Morgan fingerprint density at radius 2 is 0.878 bits per heavy atom. The van der Waals surface area contributed by atoms with Crippen LogP contribution in [0.2, 0.25) is 51.4 Å². The number of ether oxygens (including phenoxy) is 1. The van der Waals surface area contributed by atoms with Crippen molar-refractivity contribution in [3.05, 3.63) is 115 Å². The minimum Gasteiger partial charge on any atom is -0.543 e. The summed E-state index contributed by atoms with van der Waals surface area (Å²) in [6.07, 6.45) is 3.10. The molecule has 9 heteroatoms. The topological polar surface area (TPSA) is 54.0 Å². The maximum atomic E-state index is 14.1. The second kappa shape index (κ2) is 27.5. The van der Waals surface area contributed by atoms with E-state index in [9.17, 15) is 4.79 Å². The van der Waals surface area contributed by atoms with E-state index in [1.54, 1.807) is 0 Å². The van der Waals surface area contributed by atoms with E-state index in [-0.39, 0.29) is 30.0 Å². The summed E-state index contributed by atoms with van der Waals surface area (Å²) in [4.78, 5) is 14.1. The number of rotatable bonds is 29. The second-order valence-corrected chi connectivity index (χ2v) is 44.4. The van der Waals surface area contributed by atoms with E-state index in [2.05, 4.69) is 234 Å². The molecule has 0 aliphatic carbocycles. The highest BCUT2D eigenvalue weighted by Crippen LogP contribution is 2.57. The van der Waals surface area contributed by atoms with Crippen molar-refractivity contribution < 1.29 is 22.8 Å². The van der Waals surface area contributed by atoms with E-state index in [0.717, 1.165) is 60.6 Å². The zero-order valence-corrected chi connectivity index (χ0v) is 54.6. The molecule has 1 unspecified atom stereocenters. The highest BCUT2D eigenvalue weighted by atomic mass is 31.2. The first kappa shape index (κ1) is 63.5. The van der Waals surface area contributed by atoms with E-state index in [0.29, 0.717) is 39.2 Å². The fourth-order valence-electron chi connectivity index (χ4n) is 13.3. The fraction of sp³-hybridized carbons (Fsp3) is 0.615. The maximum Gasteiger partial charge on any atom is 0.311 e. The first-order valence-corrected chi connectivity index (χ1v) is 38.0. The molecule has 0 saturated heterocycles. The van der Waals surface area contributed by atoms with Gasteiger partial charge in [0.2, 0.25) is 0 Å². The Labute approximate surface area is 458 Å². The van der Waals surface area contributed by atoms with Crippen LogP contribution in [-0.2, 0) is 14.0 Å². The molecule has 0 N–H and O–H groups in total. The summed E-state index contributed by atoms with van der Waals surface area (Å²) in [5.74, 6) is 2.30. The zero-order chi connectivity index (χ0) is 55.4. The normalized spacial score (nSPS) is 15.2. The monoisotopic (exact) mass is 1080 g/mol. The van der Waals surface area contributed by atoms with Gasteiger partial charge in [-0.1, -0.05) is 179 Å². The minimum atomic E-state index is -2.35. The van der Waals surface area contributed by atoms with Crippen molar-refractivity contribution in [3.63, 3.8) is 0 Å². The summed E-state index contributed by atoms with van der Waals surface area (Å²) in [7, 11) is -8.93. The van der Waals surface area contributed by atoms with Gasteiger partial charge in [0.1, 0.15) is 40.8 Å². The quantitative estimate of drug-likeness (QED) is 0.0308. The summed E-state index contributed by atoms with van der Waals surface area (Å²) >= 11 is 0. The van der Waals surface area contributed by atoms with Gasteiger partial charge in [-0.05, 0) is 163 Å². The average Bonchev–Trinajstić information content (AvgIpc) is 3.35. The molecule has 0 bridgehead atoms. The molecule has 4 aromatic rings. The molecule has 74 heavy (non-hydrogen) atoms. The fourth-order valence-corrected chi connectivity index (χ4v) is 31.3. The van der Waals surface area contributed by atoms with Gasteiger partial charge in [0.05, 0.1) is 17.7 Å². The molecule has 0 spiro atoms. The highest BCUT2D eigenvalue weighted by molar-refractivity contribution is 7.95. The van der Waals surface area contributed by atoms with Gasteiger partial charge in [0.15, 0.2) is 8.32 Å². The molecule has 0 aromatic heterocycles. The molecule has 0 radical (unpaired) electrons. The van der Waals surface area contributed by atoms with Gasteiger partial charge < -0.3 is 18.0 Å². The Bertz CT molecular complexity index is 2070. The van der Waals surface area contributed by atoms with Crippen molar-refractivity contribution in [2.24, 2.45) is 23.2 Å². The van der Waals surface area contributed by atoms with Crippen LogP contribution >= 0.6 is 7.26 Å². The van der Waals surface area contributed by atoms with Gasteiger partial charge in [-0.3, -0.25) is 4.79 Å². The zero-order valence-electron chi connectivity index (χ0n) is 50.7. The van der Waals surface area contributed by atoms with Crippen LogP contribution in [0.1, 0.15) is 176 Å². The van der Waals surface area contributed by atoms with Crippen LogP contribution in [0, 0.1) is 23.2 Å². The van der Waals surface area contributed by atoms with Crippen molar-refractivity contribution in [1.82, 2.24) is 0 Å². The van der Waals surface area contributed by atoms with Gasteiger partial charge >= 0.3 is 5.97 Å². The molecule has 412 valence electrons. The van der Waals surface area contributed by atoms with Crippen LogP contribution in [0.25, 0.3) is 0 Å². The minimum absolute atomic E-state index is 0.118. The largest absolute Gasteiger partial charge is 0.543 e. The first-order valence-electron chi connectivity index (χ1n) is 29.2. The molecule has 0 saturated carbocycles. The Balaban J connectivity index is 1.86. The third-order valence-electron chi connectivity index (χ3n) is 17.4. The number of hydrogen-bond donors (Lipinski definition) is 0. The lowest BCUT2D eigenvalue weighted by molar-refractivity contribution is -0.162. The van der Waals surface area contributed by atoms with Crippen LogP contribution < -0.4 is 24.8 Å². The Morgan fingerprint density at radius 3 is 1.20 bits per heavy atom. The summed E-state index contributed by atoms with van der Waals surface area (Å²) in [6.45, 7) is 48.6. The molecule has 0 amide bonds. The van der Waals surface area contributed by atoms with Crippen LogP contribution in [0.5, 0.6) is 11.5 Å². The Kier molecular flexibility index (Phi) is 23.6. The molecule has 5 atom stereocenters. The first-order chi connectivity index (χ1) is 34.7. The number of hydrogen-bond acceptors (Lipinski definition) is 5. The van der Waals surface area contributed by atoms with Crippen molar-refractivity contribution in [3.8, 4) is 11.5 Å². The lowest BCUT2D eigenvalue weighted by Crippen LogP contribution is -2.51. The van der Waals surface area contributed by atoms with Crippen LogP contribution in [-0.4, -0.2) is 43.2 Å². The second-order valence-electron chi connectivity index (χ2n) is 25.4. The van der Waals surface area contributed by atoms with Crippen molar-refractivity contribution in [1.29, 1.82) is 0 Å². The van der Waals surface area contributed by atoms with Crippen molar-refractivity contribution in [2.45, 2.75) is 228 Å². The summed E-state index contributed by atoms with van der Waals surface area (Å²) < 4.78 is 29.8. The van der Waals surface area contributed by atoms with E-state index in [1.807, 2.05) is 20.8 Å². The average molecular weight is 1080 g/mol. The van der Waals surface area contributed by atoms with E-state index >= 15 is 0 Å². The lowest BCUT2D eigenvalue weighted by atomic mass is 9.86. The van der Waals surface area contributed by atoms with Crippen LogP contribution in [0.15, 0.2) is 109 Å². The van der Waals surface area contributed by atoms with Gasteiger partial charge in [-0.2, -0.15) is 0 Å². The predicted molar refractivity (Wildman–Crippen MR) is 332 cm³/mol. The molecular weight excluding hydrogens is 976 g/mol. The Morgan fingerprint density at radius 1 is 0.514 bits per heavy atom. The van der Waals surface area contributed by atoms with E-state index in [1.165, 1.54) is 15.9 Å². The third kappa shape index (κ3) is 14.8. The molecule has 0 aliphatic heterocycles. The standard InChI is InChI=1S/C65H106O5PSi3/c1-22-72(23-2,24-3)70-63(56-43-57(68-73(47(4)5,48(6)7)49(8)9)45-58(44-56)69-74(50(10)11,51(12)13)52(14)15)54(17)40-41-62(67-64(66)65(19,20)21)55(18)42-53(16)46-71(59-34-28-25-29-35-59,60-36-30-26-31-37-60)61-38-32-27-33-39-61/h25-39,43-45,47-55,62-63H,22-24,40-42,46H2,1-21H3/q+1/t53-,54-,55-,62?,63-/m0/s1. The summed E-state index contributed by atoms with van der Waals surface area (Å²) in [6, 6.07) is 43.7. The number of benzene rings is 4. The van der Waals surface area contributed by atoms with Gasteiger partial charge in [0.25, 0.3) is 16.6 Å². The third-order valence-corrected chi connectivity index (χ3v) is 38.8. The molecule has 0 fully saturated rings. The molecule has 0 aliphatic rings. The number of carbonyl (C=O) groups excluding carboxylic acids is 1. The molecule has 5 nitrogen and oxygen atoms in total. The number of carbonyl (C=O) groups is 1. The number of esters is 1. The SMILES string of the molecule is CC[Si](CC)(CC)O[C@H](c1cc(O[Si](C(C)C)(C(C)C)C(C)C)cc(O[Si](C(C)C)(C(C)C)C(C)C)c1)[C@@H](C)CCC(OC(=O)C(C)(C)C)[C@@H](C)C[C@H](C)C[P+](c1ccccc1)(c1ccccc1)c1ccccc1. The maximum absolute atomic E-state index is 14.1. The molecule has 4 rings (SSSR count). The van der Waals surface area contributed by atoms with E-state index in [4.69, 9.17) is 18.0 Å². The summed E-state index contributed by atoms with van der Waals surface area (Å²) in [5.41, 5.74) is 3.05. The predicted octanol–water partition coefficient (Wildman–Crippen LogP) is 18.9. The lowest BCUT2D eigenvalue weighted by Gasteiger charge is -2.44. The molecule has 0 heterocycles. The van der Waals surface area contributed by atoms with Gasteiger partial charge in [-0.15, -0.1) is 0 Å². The van der Waals surface area contributed by atoms with Crippen molar-refractivity contribution in [2.75, 3.05) is 6.16 Å². The molecule has 4 aromatic carbocycles. The van der Waals surface area contributed by atoms with Gasteiger partial charge in [-0.25, -0.2) is 0 Å². The summed E-state index contributed by atoms with van der Waals surface area (Å²) in [5, 5.41) is 4.20. The van der Waals surface area contributed by atoms with Crippen LogP contribution in [0.4, 0.5) is 0 Å². The van der Waals surface area contributed by atoms with Gasteiger partial charge in [0, 0.05) is 6.07 Å². The van der Waals surface area contributed by atoms with E-state index < -0.39 is 37.6 Å².